The van der Waals surface area contributed by atoms with E-state index in [0.29, 0.717) is 22.4 Å². The summed E-state index contributed by atoms with van der Waals surface area (Å²) in [5.74, 6) is -1.09. The van der Waals surface area contributed by atoms with Gasteiger partial charge in [-0.2, -0.15) is 5.10 Å². The summed E-state index contributed by atoms with van der Waals surface area (Å²) in [5.41, 5.74) is 3.77. The third kappa shape index (κ3) is 6.18. The maximum atomic E-state index is 12.6. The maximum Gasteiger partial charge on any atom is 0.343 e. The molecule has 4 aromatic rings. The van der Waals surface area contributed by atoms with Crippen molar-refractivity contribution >= 4 is 50.7 Å². The topological polar surface area (TPSA) is 96.9 Å². The molecule has 0 bridgehead atoms. The molecule has 2 N–H and O–H groups in total. The van der Waals surface area contributed by atoms with Crippen molar-refractivity contribution in [1.82, 2.24) is 10.7 Å². The minimum Gasteiger partial charge on any atom is -0.422 e. The Morgan fingerprint density at radius 2 is 1.60 bits per heavy atom. The SMILES string of the molecule is O=C(CNC(=O)c1cccc(Br)c1)N/N=C/c1c(OC(=O)c2ccccc2)ccc2ccccc12. The zero-order valence-electron chi connectivity index (χ0n) is 18.4. The number of amides is 2. The highest BCUT2D eigenvalue weighted by Crippen LogP contribution is 2.27. The number of esters is 1. The number of nitrogens with zero attached hydrogens (tertiary/aromatic N) is 1. The van der Waals surface area contributed by atoms with Crippen LogP contribution in [0.4, 0.5) is 0 Å². The minimum absolute atomic E-state index is 0.256. The first-order chi connectivity index (χ1) is 17.0. The molecule has 35 heavy (non-hydrogen) atoms. The van der Waals surface area contributed by atoms with Gasteiger partial charge in [0.25, 0.3) is 11.8 Å². The molecule has 0 heterocycles. The molecule has 0 saturated heterocycles. The Hall–Kier alpha value is -4.30. The standard InChI is InChI=1S/C27H20BrN3O4/c28-21-11-6-10-20(15-21)26(33)29-17-25(32)31-30-16-23-22-12-5-4-7-18(22)13-14-24(23)35-27(34)19-8-2-1-3-9-19/h1-16H,17H2,(H,29,33)(H,31,32)/b30-16+. The average molecular weight is 530 g/mol. The second-order valence-corrected chi connectivity index (χ2v) is 8.36. The molecule has 0 saturated carbocycles. The van der Waals surface area contributed by atoms with Crippen molar-refractivity contribution in [1.29, 1.82) is 0 Å². The van der Waals surface area contributed by atoms with Crippen molar-refractivity contribution in [3.63, 3.8) is 0 Å². The minimum atomic E-state index is -0.507. The van der Waals surface area contributed by atoms with E-state index in [0.717, 1.165) is 15.2 Å². The van der Waals surface area contributed by atoms with Crippen LogP contribution in [0.1, 0.15) is 26.3 Å². The fourth-order valence-electron chi connectivity index (χ4n) is 3.33. The van der Waals surface area contributed by atoms with Crippen LogP contribution in [-0.2, 0) is 4.79 Å². The molecule has 4 aromatic carbocycles. The summed E-state index contributed by atoms with van der Waals surface area (Å²) in [5, 5.41) is 8.28. The van der Waals surface area contributed by atoms with Crippen molar-refractivity contribution in [2.24, 2.45) is 5.10 Å². The highest BCUT2D eigenvalue weighted by Gasteiger charge is 2.13. The summed E-state index contributed by atoms with van der Waals surface area (Å²) in [6.45, 7) is -0.256. The number of hydrogen-bond donors (Lipinski definition) is 2. The number of hydrogen-bond acceptors (Lipinski definition) is 5. The molecule has 0 radical (unpaired) electrons. The van der Waals surface area contributed by atoms with Gasteiger partial charge >= 0.3 is 5.97 Å². The lowest BCUT2D eigenvalue weighted by Gasteiger charge is -2.10. The Morgan fingerprint density at radius 1 is 0.857 bits per heavy atom. The summed E-state index contributed by atoms with van der Waals surface area (Å²) in [6, 6.07) is 26.6. The van der Waals surface area contributed by atoms with Gasteiger partial charge in [0.05, 0.1) is 18.3 Å². The summed E-state index contributed by atoms with van der Waals surface area (Å²) in [6.07, 6.45) is 1.42. The molecule has 0 atom stereocenters. The van der Waals surface area contributed by atoms with Crippen molar-refractivity contribution < 1.29 is 19.1 Å². The van der Waals surface area contributed by atoms with Crippen molar-refractivity contribution in [2.45, 2.75) is 0 Å². The van der Waals surface area contributed by atoms with Gasteiger partial charge in [0.15, 0.2) is 0 Å². The third-order valence-electron chi connectivity index (χ3n) is 5.02. The first-order valence-corrected chi connectivity index (χ1v) is 11.5. The molecule has 2 amide bonds. The van der Waals surface area contributed by atoms with Crippen LogP contribution in [0.2, 0.25) is 0 Å². The van der Waals surface area contributed by atoms with Crippen LogP contribution in [0.25, 0.3) is 10.8 Å². The lowest BCUT2D eigenvalue weighted by atomic mass is 10.0. The highest BCUT2D eigenvalue weighted by molar-refractivity contribution is 9.10. The van der Waals surface area contributed by atoms with E-state index in [1.165, 1.54) is 6.21 Å². The molecule has 8 heteroatoms. The zero-order valence-corrected chi connectivity index (χ0v) is 20.0. The first-order valence-electron chi connectivity index (χ1n) is 10.7. The maximum absolute atomic E-state index is 12.6. The van der Waals surface area contributed by atoms with E-state index >= 15 is 0 Å². The quantitative estimate of drug-likeness (QED) is 0.157. The van der Waals surface area contributed by atoms with Crippen molar-refractivity contribution in [3.05, 3.63) is 112 Å². The van der Waals surface area contributed by atoms with Crippen LogP contribution >= 0.6 is 15.9 Å². The van der Waals surface area contributed by atoms with Crippen LogP contribution in [0, 0.1) is 0 Å². The van der Waals surface area contributed by atoms with Gasteiger partial charge in [0, 0.05) is 15.6 Å². The predicted octanol–water partition coefficient (Wildman–Crippen LogP) is 4.70. The number of nitrogens with one attached hydrogen (secondary N) is 2. The van der Waals surface area contributed by atoms with Crippen molar-refractivity contribution in [2.75, 3.05) is 6.54 Å². The molecule has 0 aliphatic rings. The fourth-order valence-corrected chi connectivity index (χ4v) is 3.73. The second-order valence-electron chi connectivity index (χ2n) is 7.44. The lowest BCUT2D eigenvalue weighted by molar-refractivity contribution is -0.120. The predicted molar refractivity (Wildman–Crippen MR) is 138 cm³/mol. The van der Waals surface area contributed by atoms with E-state index in [-0.39, 0.29) is 12.5 Å². The third-order valence-corrected chi connectivity index (χ3v) is 5.52. The van der Waals surface area contributed by atoms with Crippen LogP contribution in [0.5, 0.6) is 5.75 Å². The first kappa shape index (κ1) is 23.8. The highest BCUT2D eigenvalue weighted by atomic mass is 79.9. The number of halogens is 1. The molecule has 0 aliphatic carbocycles. The molecule has 0 fully saturated rings. The number of hydrazone groups is 1. The molecule has 0 aromatic heterocycles. The number of ether oxygens (including phenoxy) is 1. The Morgan fingerprint density at radius 3 is 2.40 bits per heavy atom. The zero-order chi connectivity index (χ0) is 24.6. The smallest absolute Gasteiger partial charge is 0.343 e. The van der Waals surface area contributed by atoms with E-state index in [9.17, 15) is 14.4 Å². The Labute approximate surface area is 209 Å². The second kappa shape index (κ2) is 11.2. The summed E-state index contributed by atoms with van der Waals surface area (Å²) in [4.78, 5) is 37.0. The van der Waals surface area contributed by atoms with Gasteiger partial charge in [-0.15, -0.1) is 0 Å². The van der Waals surface area contributed by atoms with Gasteiger partial charge in [-0.3, -0.25) is 9.59 Å². The van der Waals surface area contributed by atoms with Gasteiger partial charge in [-0.25, -0.2) is 10.2 Å². The monoisotopic (exact) mass is 529 g/mol. The number of carbonyl (C=O) groups excluding carboxylic acids is 3. The van der Waals surface area contributed by atoms with Crippen molar-refractivity contribution in [3.8, 4) is 5.75 Å². The van der Waals surface area contributed by atoms with Crippen LogP contribution in [0.15, 0.2) is 101 Å². The molecule has 174 valence electrons. The van der Waals surface area contributed by atoms with E-state index < -0.39 is 11.9 Å². The number of fused-ring (bicyclic) bond motifs is 1. The van der Waals surface area contributed by atoms with Gasteiger partial charge in [-0.05, 0) is 47.2 Å². The number of rotatable bonds is 7. The fraction of sp³-hybridized carbons (Fsp3) is 0.0370. The molecular weight excluding hydrogens is 510 g/mol. The summed E-state index contributed by atoms with van der Waals surface area (Å²) in [7, 11) is 0. The van der Waals surface area contributed by atoms with Crippen LogP contribution < -0.4 is 15.5 Å². The molecular formula is C27H20BrN3O4. The van der Waals surface area contributed by atoms with Crippen LogP contribution in [0.3, 0.4) is 0 Å². The molecule has 0 unspecified atom stereocenters. The Kier molecular flexibility index (Phi) is 7.64. The van der Waals surface area contributed by atoms with E-state index in [1.54, 1.807) is 54.6 Å². The Balaban J connectivity index is 1.46. The normalized spacial score (nSPS) is 10.8. The molecule has 7 nitrogen and oxygen atoms in total. The Bertz CT molecular complexity index is 1420. The molecule has 0 spiro atoms. The van der Waals surface area contributed by atoms with Gasteiger partial charge < -0.3 is 10.1 Å². The molecule has 0 aliphatic heterocycles. The molecule has 4 rings (SSSR count). The summed E-state index contributed by atoms with van der Waals surface area (Å²) < 4.78 is 6.39. The largest absolute Gasteiger partial charge is 0.422 e. The number of carbonyl (C=O) groups is 3. The number of benzene rings is 4. The van der Waals surface area contributed by atoms with Gasteiger partial charge in [0.2, 0.25) is 0 Å². The van der Waals surface area contributed by atoms with Crippen LogP contribution in [-0.4, -0.2) is 30.5 Å². The van der Waals surface area contributed by atoms with E-state index in [4.69, 9.17) is 4.74 Å². The average Bonchev–Trinajstić information content (AvgIpc) is 2.88. The summed E-state index contributed by atoms with van der Waals surface area (Å²) >= 11 is 3.31. The van der Waals surface area contributed by atoms with E-state index in [1.807, 2.05) is 36.4 Å². The lowest BCUT2D eigenvalue weighted by Crippen LogP contribution is -2.34. The van der Waals surface area contributed by atoms with Gasteiger partial charge in [-0.1, -0.05) is 70.5 Å². The van der Waals surface area contributed by atoms with Gasteiger partial charge in [0.1, 0.15) is 5.75 Å². The van der Waals surface area contributed by atoms with E-state index in [2.05, 4.69) is 31.8 Å².